The van der Waals surface area contributed by atoms with Gasteiger partial charge in [-0.2, -0.15) is 0 Å². The molecule has 1 saturated heterocycles. The number of carbonyl (C=O) groups excluding carboxylic acids is 1. The van der Waals surface area contributed by atoms with Gasteiger partial charge in [0.05, 0.1) is 37.0 Å². The number of fused-ring (bicyclic) bond motifs is 1. The molecular formula is C24H32N5O2+. The zero-order valence-corrected chi connectivity index (χ0v) is 18.4. The van der Waals surface area contributed by atoms with E-state index in [1.165, 1.54) is 5.69 Å². The number of methoxy groups -OCH3 is 1. The first-order chi connectivity index (χ1) is 15.2. The fourth-order valence-electron chi connectivity index (χ4n) is 4.31. The van der Waals surface area contributed by atoms with E-state index in [1.807, 2.05) is 48.3 Å². The van der Waals surface area contributed by atoms with Crippen molar-refractivity contribution in [3.05, 3.63) is 54.4 Å². The lowest BCUT2D eigenvalue weighted by atomic mass is 10.2. The number of amides is 1. The van der Waals surface area contributed by atoms with E-state index in [1.54, 1.807) is 7.11 Å². The summed E-state index contributed by atoms with van der Waals surface area (Å²) in [6.07, 6.45) is 5.82. The smallest absolute Gasteiger partial charge is 0.287 e. The molecule has 3 heterocycles. The Balaban J connectivity index is 1.18. The molecule has 1 amide bonds. The maximum atomic E-state index is 12.6. The molecule has 0 atom stereocenters. The number of hydrogen-bond acceptors (Lipinski definition) is 4. The van der Waals surface area contributed by atoms with Crippen molar-refractivity contribution in [1.82, 2.24) is 14.8 Å². The third-order valence-electron chi connectivity index (χ3n) is 6.03. The molecule has 3 aromatic rings. The van der Waals surface area contributed by atoms with Gasteiger partial charge in [0, 0.05) is 32.7 Å². The topological polar surface area (TPSA) is 63.9 Å². The Hall–Kier alpha value is -3.06. The molecule has 7 heteroatoms. The normalized spacial score (nSPS) is 14.7. The lowest BCUT2D eigenvalue weighted by Gasteiger charge is -2.36. The van der Waals surface area contributed by atoms with Gasteiger partial charge in [0.1, 0.15) is 11.9 Å². The Morgan fingerprint density at radius 3 is 2.71 bits per heavy atom. The summed E-state index contributed by atoms with van der Waals surface area (Å²) in [6.45, 7) is 5.89. The number of piperazine rings is 1. The summed E-state index contributed by atoms with van der Waals surface area (Å²) >= 11 is 0. The number of benzene rings is 1. The molecule has 0 bridgehead atoms. The molecule has 7 nitrogen and oxygen atoms in total. The van der Waals surface area contributed by atoms with Crippen LogP contribution in [-0.2, 0) is 7.05 Å². The van der Waals surface area contributed by atoms with E-state index >= 15 is 0 Å². The first-order valence-electron chi connectivity index (χ1n) is 11.0. The Bertz CT molecular complexity index is 1020. The second-order valence-corrected chi connectivity index (χ2v) is 8.05. The maximum absolute atomic E-state index is 12.6. The lowest BCUT2D eigenvalue weighted by molar-refractivity contribution is -0.349. The van der Waals surface area contributed by atoms with Crippen LogP contribution in [-0.4, -0.2) is 61.8 Å². The first kappa shape index (κ1) is 21.2. The van der Waals surface area contributed by atoms with E-state index in [-0.39, 0.29) is 5.91 Å². The summed E-state index contributed by atoms with van der Waals surface area (Å²) in [5, 5.41) is 4.03. The molecule has 2 N–H and O–H groups in total. The minimum atomic E-state index is -0.00405. The van der Waals surface area contributed by atoms with Crippen molar-refractivity contribution in [2.24, 2.45) is 7.05 Å². The van der Waals surface area contributed by atoms with E-state index in [9.17, 15) is 4.79 Å². The molecule has 0 aliphatic carbocycles. The number of nitrogens with one attached hydrogen (secondary N) is 2. The number of aromatic nitrogens is 2. The van der Waals surface area contributed by atoms with E-state index in [0.717, 1.165) is 67.9 Å². The molecule has 0 unspecified atom stereocenters. The average molecular weight is 423 g/mol. The van der Waals surface area contributed by atoms with Crippen LogP contribution < -0.4 is 19.9 Å². The van der Waals surface area contributed by atoms with Crippen molar-refractivity contribution >= 4 is 22.6 Å². The standard InChI is InChI=1S/C24H31N5O2/c1-27-18-20(19-8-7-12-25-23(19)27)24(30)26-11-5-6-13-28-14-16-29(17-15-28)21-9-3-4-10-22(21)31-2/h3-4,7-10,12,18H,5-6,11,13-17H2,1-2H3,(H,26,30)/p+1. The zero-order valence-electron chi connectivity index (χ0n) is 18.4. The van der Waals surface area contributed by atoms with Crippen molar-refractivity contribution in [3.63, 3.8) is 0 Å². The Morgan fingerprint density at radius 2 is 1.90 bits per heavy atom. The maximum Gasteiger partial charge on any atom is 0.287 e. The van der Waals surface area contributed by atoms with E-state index in [2.05, 4.69) is 32.2 Å². The number of anilines is 1. The molecule has 0 saturated carbocycles. The molecule has 0 radical (unpaired) electrons. The van der Waals surface area contributed by atoms with Crippen LogP contribution in [0.2, 0.25) is 0 Å². The van der Waals surface area contributed by atoms with Crippen molar-refractivity contribution in [2.75, 3.05) is 51.3 Å². The molecule has 1 aliphatic rings. The minimum absolute atomic E-state index is 0.00405. The van der Waals surface area contributed by atoms with Gasteiger partial charge in [-0.3, -0.25) is 9.69 Å². The Labute approximate surface area is 183 Å². The second kappa shape index (κ2) is 9.83. The third kappa shape index (κ3) is 4.82. The summed E-state index contributed by atoms with van der Waals surface area (Å²) in [4.78, 5) is 20.7. The highest BCUT2D eigenvalue weighted by Crippen LogP contribution is 2.28. The minimum Gasteiger partial charge on any atom is -0.495 e. The monoisotopic (exact) mass is 422 g/mol. The number of H-pyrrole nitrogens is 1. The molecule has 31 heavy (non-hydrogen) atoms. The quantitative estimate of drug-likeness (QED) is 0.566. The van der Waals surface area contributed by atoms with Crippen LogP contribution in [0.1, 0.15) is 23.2 Å². The van der Waals surface area contributed by atoms with Gasteiger partial charge in [0.2, 0.25) is 0 Å². The summed E-state index contributed by atoms with van der Waals surface area (Å²) in [5.74, 6) is 0.936. The van der Waals surface area contributed by atoms with Gasteiger partial charge in [0.15, 0.2) is 0 Å². The fraction of sp³-hybridized carbons (Fsp3) is 0.417. The van der Waals surface area contributed by atoms with Crippen LogP contribution in [0, 0.1) is 0 Å². The molecule has 1 aliphatic heterocycles. The van der Waals surface area contributed by atoms with Gasteiger partial charge >= 0.3 is 0 Å². The first-order valence-corrected chi connectivity index (χ1v) is 11.0. The van der Waals surface area contributed by atoms with Gasteiger partial charge < -0.3 is 15.0 Å². The van der Waals surface area contributed by atoms with Crippen LogP contribution >= 0.6 is 0 Å². The molecule has 2 aromatic heterocycles. The van der Waals surface area contributed by atoms with Gasteiger partial charge in [-0.05, 0) is 43.7 Å². The van der Waals surface area contributed by atoms with Crippen molar-refractivity contribution in [3.8, 4) is 5.75 Å². The molecular weight excluding hydrogens is 390 g/mol. The highest BCUT2D eigenvalue weighted by molar-refractivity contribution is 6.05. The number of carbonyl (C=O) groups is 1. The number of rotatable bonds is 8. The number of aryl methyl sites for hydroxylation is 1. The van der Waals surface area contributed by atoms with Gasteiger partial charge in [-0.15, -0.1) is 0 Å². The summed E-state index contributed by atoms with van der Waals surface area (Å²) < 4.78 is 7.45. The molecule has 0 spiro atoms. The predicted molar refractivity (Wildman–Crippen MR) is 123 cm³/mol. The van der Waals surface area contributed by atoms with Crippen LogP contribution in [0.25, 0.3) is 11.0 Å². The van der Waals surface area contributed by atoms with Gasteiger partial charge in [-0.1, -0.05) is 12.1 Å². The third-order valence-corrected chi connectivity index (χ3v) is 6.03. The van der Waals surface area contributed by atoms with Gasteiger partial charge in [0.25, 0.3) is 11.6 Å². The van der Waals surface area contributed by atoms with E-state index in [0.29, 0.717) is 6.54 Å². The van der Waals surface area contributed by atoms with Crippen LogP contribution in [0.3, 0.4) is 0 Å². The van der Waals surface area contributed by atoms with Crippen molar-refractivity contribution < 1.29 is 14.5 Å². The predicted octanol–water partition coefficient (Wildman–Crippen LogP) is 2.33. The molecule has 4 rings (SSSR count). The second-order valence-electron chi connectivity index (χ2n) is 8.05. The summed E-state index contributed by atoms with van der Waals surface area (Å²) in [5.41, 5.74) is 2.86. The number of pyridine rings is 1. The highest BCUT2D eigenvalue weighted by atomic mass is 16.5. The molecule has 164 valence electrons. The Morgan fingerprint density at radius 1 is 1.10 bits per heavy atom. The zero-order chi connectivity index (χ0) is 21.6. The average Bonchev–Trinajstić information content (AvgIpc) is 3.16. The van der Waals surface area contributed by atoms with Crippen molar-refractivity contribution in [1.29, 1.82) is 0 Å². The molecule has 1 aromatic carbocycles. The number of hydrogen-bond donors (Lipinski definition) is 1. The number of aromatic amines is 1. The Kier molecular flexibility index (Phi) is 6.72. The van der Waals surface area contributed by atoms with E-state index < -0.39 is 0 Å². The number of ether oxygens (including phenoxy) is 1. The van der Waals surface area contributed by atoms with Gasteiger partial charge in [-0.25, -0.2) is 9.55 Å². The molecule has 1 fully saturated rings. The van der Waals surface area contributed by atoms with Crippen molar-refractivity contribution in [2.45, 2.75) is 12.8 Å². The fourth-order valence-corrected chi connectivity index (χ4v) is 4.31. The SMILES string of the molecule is COc1ccccc1N1CCN(CCCCNC(=O)c2cn(C)c3[nH+]cccc23)CC1. The van der Waals surface area contributed by atoms with Crippen LogP contribution in [0.4, 0.5) is 5.69 Å². The highest BCUT2D eigenvalue weighted by Gasteiger charge is 2.20. The van der Waals surface area contributed by atoms with Crippen LogP contribution in [0.5, 0.6) is 5.75 Å². The van der Waals surface area contributed by atoms with Crippen LogP contribution in [0.15, 0.2) is 48.8 Å². The number of unbranched alkanes of at least 4 members (excludes halogenated alkanes) is 1. The summed E-state index contributed by atoms with van der Waals surface area (Å²) in [7, 11) is 3.68. The van der Waals surface area contributed by atoms with E-state index in [4.69, 9.17) is 4.74 Å². The summed E-state index contributed by atoms with van der Waals surface area (Å²) in [6, 6.07) is 12.1. The number of nitrogens with zero attached hydrogens (tertiary/aromatic N) is 3. The number of para-hydroxylation sites is 2. The largest absolute Gasteiger partial charge is 0.495 e. The lowest BCUT2D eigenvalue weighted by Crippen LogP contribution is -2.46.